The third-order valence-corrected chi connectivity index (χ3v) is 2.84. The second kappa shape index (κ2) is 4.73. The Bertz CT molecular complexity index is 504. The zero-order valence-corrected chi connectivity index (χ0v) is 9.04. The number of rotatable bonds is 3. The molecular weight excluding hydrogens is 225 g/mol. The highest BCUT2D eigenvalue weighted by molar-refractivity contribution is 7.09. The second-order valence-electron chi connectivity index (χ2n) is 3.12. The van der Waals surface area contributed by atoms with Crippen LogP contribution in [0.25, 0.3) is 0 Å². The zero-order valence-electron chi connectivity index (χ0n) is 8.22. The number of halogens is 1. The van der Waals surface area contributed by atoms with Crippen molar-refractivity contribution < 1.29 is 4.39 Å². The lowest BCUT2D eigenvalue weighted by Crippen LogP contribution is -2.06. The van der Waals surface area contributed by atoms with Gasteiger partial charge >= 0.3 is 0 Å². The number of benzene rings is 1. The van der Waals surface area contributed by atoms with Gasteiger partial charge < -0.3 is 5.32 Å². The molecule has 0 fully saturated rings. The lowest BCUT2D eigenvalue weighted by Gasteiger charge is -2.10. The van der Waals surface area contributed by atoms with Gasteiger partial charge in [0.15, 0.2) is 6.04 Å². The molecule has 1 N–H and O–H groups in total. The van der Waals surface area contributed by atoms with E-state index in [-0.39, 0.29) is 5.82 Å². The van der Waals surface area contributed by atoms with E-state index in [0.29, 0.717) is 5.69 Å². The van der Waals surface area contributed by atoms with Crippen LogP contribution in [-0.2, 0) is 0 Å². The summed E-state index contributed by atoms with van der Waals surface area (Å²) in [7, 11) is 0. The molecule has 5 heteroatoms. The molecule has 16 heavy (non-hydrogen) atoms. The van der Waals surface area contributed by atoms with Crippen molar-refractivity contribution in [1.29, 1.82) is 5.26 Å². The van der Waals surface area contributed by atoms with Crippen LogP contribution in [0.3, 0.4) is 0 Å². The van der Waals surface area contributed by atoms with Gasteiger partial charge in [-0.25, -0.2) is 4.39 Å². The van der Waals surface area contributed by atoms with E-state index in [0.717, 1.165) is 4.88 Å². The molecule has 1 aromatic carbocycles. The maximum atomic E-state index is 12.9. The van der Waals surface area contributed by atoms with Crippen LogP contribution in [0.15, 0.2) is 36.0 Å². The number of hydrogen-bond acceptors (Lipinski definition) is 4. The van der Waals surface area contributed by atoms with E-state index in [1.165, 1.54) is 23.5 Å². The average molecular weight is 233 g/mol. The van der Waals surface area contributed by atoms with Crippen molar-refractivity contribution in [2.24, 2.45) is 0 Å². The summed E-state index contributed by atoms with van der Waals surface area (Å²) in [6, 6.07) is 7.64. The van der Waals surface area contributed by atoms with Gasteiger partial charge in [-0.1, -0.05) is 6.07 Å². The van der Waals surface area contributed by atoms with Crippen LogP contribution in [0.1, 0.15) is 10.9 Å². The van der Waals surface area contributed by atoms with Crippen molar-refractivity contribution in [1.82, 2.24) is 4.98 Å². The summed E-state index contributed by atoms with van der Waals surface area (Å²) in [4.78, 5) is 4.72. The zero-order chi connectivity index (χ0) is 11.4. The first kappa shape index (κ1) is 10.6. The topological polar surface area (TPSA) is 48.7 Å². The standard InChI is InChI=1S/C11H8FN3S/c12-8-2-1-3-9(4-8)15-10(5-13)11-6-14-7-16-11/h1-4,6-7,10,15H. The number of hydrogen-bond donors (Lipinski definition) is 1. The van der Waals surface area contributed by atoms with E-state index in [1.807, 2.05) is 0 Å². The van der Waals surface area contributed by atoms with Crippen molar-refractivity contribution in [2.75, 3.05) is 5.32 Å². The molecular formula is C11H8FN3S. The Kier molecular flexibility index (Phi) is 3.13. The van der Waals surface area contributed by atoms with Gasteiger partial charge in [-0.3, -0.25) is 4.98 Å². The first-order valence-corrected chi connectivity index (χ1v) is 5.47. The van der Waals surface area contributed by atoms with Crippen molar-refractivity contribution >= 4 is 17.0 Å². The van der Waals surface area contributed by atoms with Crippen LogP contribution in [0.2, 0.25) is 0 Å². The number of thiazole rings is 1. The molecule has 0 saturated heterocycles. The fourth-order valence-corrected chi connectivity index (χ4v) is 1.89. The molecule has 0 radical (unpaired) electrons. The monoisotopic (exact) mass is 233 g/mol. The normalized spacial score (nSPS) is 11.8. The third kappa shape index (κ3) is 2.35. The van der Waals surface area contributed by atoms with Crippen LogP contribution in [0.4, 0.5) is 10.1 Å². The molecule has 2 rings (SSSR count). The highest BCUT2D eigenvalue weighted by atomic mass is 32.1. The van der Waals surface area contributed by atoms with Crippen LogP contribution >= 0.6 is 11.3 Å². The number of nitriles is 1. The molecule has 0 aliphatic carbocycles. The lowest BCUT2D eigenvalue weighted by atomic mass is 10.2. The van der Waals surface area contributed by atoms with E-state index in [4.69, 9.17) is 5.26 Å². The lowest BCUT2D eigenvalue weighted by molar-refractivity contribution is 0.628. The number of anilines is 1. The smallest absolute Gasteiger partial charge is 0.151 e. The number of nitrogens with zero attached hydrogens (tertiary/aromatic N) is 2. The molecule has 0 amide bonds. The Morgan fingerprint density at radius 2 is 2.38 bits per heavy atom. The Morgan fingerprint density at radius 3 is 3.00 bits per heavy atom. The largest absolute Gasteiger partial charge is 0.365 e. The second-order valence-corrected chi connectivity index (χ2v) is 4.04. The Labute approximate surface area is 96.2 Å². The Hall–Kier alpha value is -1.93. The van der Waals surface area contributed by atoms with Gasteiger partial charge in [-0.15, -0.1) is 11.3 Å². The maximum absolute atomic E-state index is 12.9. The highest BCUT2D eigenvalue weighted by Crippen LogP contribution is 2.22. The highest BCUT2D eigenvalue weighted by Gasteiger charge is 2.11. The predicted octanol–water partition coefficient (Wildman–Crippen LogP) is 2.96. The van der Waals surface area contributed by atoms with Gasteiger partial charge in [0.1, 0.15) is 5.82 Å². The molecule has 0 bridgehead atoms. The van der Waals surface area contributed by atoms with E-state index in [2.05, 4.69) is 16.4 Å². The van der Waals surface area contributed by atoms with Gasteiger partial charge in [-0.2, -0.15) is 5.26 Å². The van der Waals surface area contributed by atoms with Gasteiger partial charge in [-0.05, 0) is 18.2 Å². The molecule has 0 saturated carbocycles. The quantitative estimate of drug-likeness (QED) is 0.886. The van der Waals surface area contributed by atoms with Crippen molar-refractivity contribution in [2.45, 2.75) is 6.04 Å². The molecule has 0 aliphatic rings. The summed E-state index contributed by atoms with van der Waals surface area (Å²) in [6.45, 7) is 0. The minimum atomic E-state index is -0.491. The Morgan fingerprint density at radius 1 is 1.50 bits per heavy atom. The molecule has 1 aromatic heterocycles. The average Bonchev–Trinajstić information content (AvgIpc) is 2.79. The molecule has 1 atom stereocenters. The number of aromatic nitrogens is 1. The van der Waals surface area contributed by atoms with Gasteiger partial charge in [0.05, 0.1) is 16.5 Å². The SMILES string of the molecule is N#CC(Nc1cccc(F)c1)c1cncs1. The van der Waals surface area contributed by atoms with E-state index in [1.54, 1.807) is 23.8 Å². The van der Waals surface area contributed by atoms with Crippen LogP contribution < -0.4 is 5.32 Å². The summed E-state index contributed by atoms with van der Waals surface area (Å²) < 4.78 is 12.9. The first-order chi connectivity index (χ1) is 7.79. The predicted molar refractivity (Wildman–Crippen MR) is 60.5 cm³/mol. The van der Waals surface area contributed by atoms with Gasteiger partial charge in [0.2, 0.25) is 0 Å². The molecule has 1 heterocycles. The molecule has 0 aliphatic heterocycles. The molecule has 3 nitrogen and oxygen atoms in total. The minimum absolute atomic E-state index is 0.328. The van der Waals surface area contributed by atoms with E-state index < -0.39 is 6.04 Å². The van der Waals surface area contributed by atoms with Crippen molar-refractivity contribution in [3.63, 3.8) is 0 Å². The number of nitrogens with one attached hydrogen (secondary N) is 1. The van der Waals surface area contributed by atoms with Crippen LogP contribution in [0, 0.1) is 17.1 Å². The summed E-state index contributed by atoms with van der Waals surface area (Å²) in [5.41, 5.74) is 2.24. The first-order valence-electron chi connectivity index (χ1n) is 4.59. The summed E-state index contributed by atoms with van der Waals surface area (Å²) in [5.74, 6) is -0.328. The fourth-order valence-electron chi connectivity index (χ4n) is 1.28. The summed E-state index contributed by atoms with van der Waals surface area (Å²) in [5, 5.41) is 11.9. The van der Waals surface area contributed by atoms with E-state index in [9.17, 15) is 4.39 Å². The van der Waals surface area contributed by atoms with E-state index >= 15 is 0 Å². The van der Waals surface area contributed by atoms with Crippen LogP contribution in [-0.4, -0.2) is 4.98 Å². The molecule has 80 valence electrons. The summed E-state index contributed by atoms with van der Waals surface area (Å²) in [6.07, 6.45) is 1.63. The van der Waals surface area contributed by atoms with Gasteiger partial charge in [0.25, 0.3) is 0 Å². The molecule has 2 aromatic rings. The van der Waals surface area contributed by atoms with Gasteiger partial charge in [0, 0.05) is 11.9 Å². The summed E-state index contributed by atoms with van der Waals surface area (Å²) >= 11 is 1.39. The maximum Gasteiger partial charge on any atom is 0.151 e. The Balaban J connectivity index is 2.17. The van der Waals surface area contributed by atoms with Crippen LogP contribution in [0.5, 0.6) is 0 Å². The molecule has 1 unspecified atom stereocenters. The minimum Gasteiger partial charge on any atom is -0.365 e. The van der Waals surface area contributed by atoms with Crippen molar-refractivity contribution in [3.8, 4) is 6.07 Å². The molecule has 0 spiro atoms. The third-order valence-electron chi connectivity index (χ3n) is 2.00. The fraction of sp³-hybridized carbons (Fsp3) is 0.0909. The van der Waals surface area contributed by atoms with Crippen molar-refractivity contribution in [3.05, 3.63) is 46.7 Å².